The molecule has 1 unspecified atom stereocenters. The second kappa shape index (κ2) is 9.57. The highest BCUT2D eigenvalue weighted by molar-refractivity contribution is 9.10. The lowest BCUT2D eigenvalue weighted by atomic mass is 9.98. The summed E-state index contributed by atoms with van der Waals surface area (Å²) in [5, 5.41) is 0.423. The number of rotatable bonds is 8. The van der Waals surface area contributed by atoms with Gasteiger partial charge in [-0.2, -0.15) is 0 Å². The van der Waals surface area contributed by atoms with E-state index < -0.39 is 6.04 Å². The van der Waals surface area contributed by atoms with Crippen molar-refractivity contribution < 1.29 is 23.4 Å². The summed E-state index contributed by atoms with van der Waals surface area (Å²) in [5.41, 5.74) is 1.24. The zero-order valence-corrected chi connectivity index (χ0v) is 20.6. The molecule has 1 aliphatic heterocycles. The zero-order chi connectivity index (χ0) is 23.7. The first-order valence-corrected chi connectivity index (χ1v) is 11.6. The minimum atomic E-state index is -0.606. The van der Waals surface area contributed by atoms with E-state index in [0.29, 0.717) is 47.6 Å². The summed E-state index contributed by atoms with van der Waals surface area (Å²) < 4.78 is 23.2. The number of nitrogens with zero attached hydrogens (tertiary/aromatic N) is 1. The van der Waals surface area contributed by atoms with Crippen LogP contribution in [0.2, 0.25) is 0 Å². The molecule has 0 radical (unpaired) electrons. The van der Waals surface area contributed by atoms with Gasteiger partial charge in [-0.1, -0.05) is 22.0 Å². The molecule has 1 aromatic heterocycles. The van der Waals surface area contributed by atoms with Crippen LogP contribution in [0, 0.1) is 0 Å². The van der Waals surface area contributed by atoms with Crippen LogP contribution in [0.4, 0.5) is 0 Å². The van der Waals surface area contributed by atoms with Gasteiger partial charge in [0.15, 0.2) is 16.9 Å². The number of hydrogen-bond acceptors (Lipinski definition) is 6. The van der Waals surface area contributed by atoms with E-state index in [1.807, 2.05) is 19.9 Å². The van der Waals surface area contributed by atoms with Gasteiger partial charge in [-0.05, 0) is 56.2 Å². The van der Waals surface area contributed by atoms with Crippen molar-refractivity contribution in [2.45, 2.75) is 32.4 Å². The second-order valence-corrected chi connectivity index (χ2v) is 9.02. The second-order valence-electron chi connectivity index (χ2n) is 8.10. The smallest absolute Gasteiger partial charge is 0.290 e. The summed E-state index contributed by atoms with van der Waals surface area (Å²) in [6, 6.07) is 10.0. The fourth-order valence-corrected chi connectivity index (χ4v) is 4.51. The third kappa shape index (κ3) is 4.37. The summed E-state index contributed by atoms with van der Waals surface area (Å²) in [6.45, 7) is 4.85. The van der Waals surface area contributed by atoms with Crippen molar-refractivity contribution in [2.24, 2.45) is 0 Å². The number of fused-ring (bicyclic) bond motifs is 2. The summed E-state index contributed by atoms with van der Waals surface area (Å²) in [5.74, 6) is 0.861. The number of halogens is 1. The molecule has 3 aromatic rings. The SMILES string of the molecule is COc1ccc(C2c3c(oc4ccc(Br)cc4c3=O)C(=O)N2CCCOC(C)C)cc1OC. The van der Waals surface area contributed by atoms with E-state index in [9.17, 15) is 9.59 Å². The molecule has 0 aliphatic carbocycles. The van der Waals surface area contributed by atoms with Crippen LogP contribution in [0.15, 0.2) is 50.1 Å². The Labute approximate surface area is 200 Å². The van der Waals surface area contributed by atoms with E-state index in [-0.39, 0.29) is 23.2 Å². The molecule has 0 bridgehead atoms. The van der Waals surface area contributed by atoms with Gasteiger partial charge in [0.05, 0.1) is 37.3 Å². The molecule has 0 saturated heterocycles. The fourth-order valence-electron chi connectivity index (χ4n) is 4.15. The molecule has 0 saturated carbocycles. The van der Waals surface area contributed by atoms with E-state index >= 15 is 0 Å². The summed E-state index contributed by atoms with van der Waals surface area (Å²) in [4.78, 5) is 28.7. The monoisotopic (exact) mass is 515 g/mol. The van der Waals surface area contributed by atoms with Crippen LogP contribution in [0.25, 0.3) is 11.0 Å². The average Bonchev–Trinajstić information content (AvgIpc) is 3.08. The largest absolute Gasteiger partial charge is 0.493 e. The molecular weight excluding hydrogens is 490 g/mol. The predicted molar refractivity (Wildman–Crippen MR) is 128 cm³/mol. The molecular formula is C25H26BrNO6. The number of carbonyl (C=O) groups is 1. The maximum absolute atomic E-state index is 13.6. The Hall–Kier alpha value is -2.84. The minimum absolute atomic E-state index is 0.0828. The minimum Gasteiger partial charge on any atom is -0.493 e. The summed E-state index contributed by atoms with van der Waals surface area (Å²) in [7, 11) is 3.11. The molecule has 2 heterocycles. The normalized spacial score (nSPS) is 15.4. The van der Waals surface area contributed by atoms with E-state index in [0.717, 1.165) is 10.0 Å². The Bertz CT molecular complexity index is 1250. The third-order valence-corrected chi connectivity index (χ3v) is 6.14. The van der Waals surface area contributed by atoms with Gasteiger partial charge in [0.25, 0.3) is 5.91 Å². The van der Waals surface area contributed by atoms with Gasteiger partial charge in [-0.25, -0.2) is 0 Å². The number of amides is 1. The molecule has 0 spiro atoms. The summed E-state index contributed by atoms with van der Waals surface area (Å²) >= 11 is 3.42. The number of hydrogen-bond donors (Lipinski definition) is 0. The van der Waals surface area contributed by atoms with E-state index in [1.165, 1.54) is 0 Å². The van der Waals surface area contributed by atoms with Gasteiger partial charge >= 0.3 is 0 Å². The molecule has 174 valence electrons. The Balaban J connectivity index is 1.85. The average molecular weight is 516 g/mol. The number of benzene rings is 2. The van der Waals surface area contributed by atoms with Crippen LogP contribution in [0.5, 0.6) is 11.5 Å². The lowest BCUT2D eigenvalue weighted by Crippen LogP contribution is -2.31. The summed E-state index contributed by atoms with van der Waals surface area (Å²) in [6.07, 6.45) is 0.728. The standard InChI is InChI=1S/C25H26BrNO6/c1-14(2)32-11-5-10-27-22(15-6-8-19(30-3)20(12-15)31-4)21-23(28)17-13-16(26)7-9-18(17)33-24(21)25(27)29/h6-9,12-14,22H,5,10-11H2,1-4H3. The Morgan fingerprint density at radius 1 is 1.06 bits per heavy atom. The van der Waals surface area contributed by atoms with Crippen molar-refractivity contribution >= 4 is 32.8 Å². The molecule has 1 atom stereocenters. The molecule has 33 heavy (non-hydrogen) atoms. The highest BCUT2D eigenvalue weighted by Crippen LogP contribution is 2.41. The lowest BCUT2D eigenvalue weighted by molar-refractivity contribution is 0.0593. The topological polar surface area (TPSA) is 78.2 Å². The van der Waals surface area contributed by atoms with Gasteiger partial charge < -0.3 is 23.5 Å². The van der Waals surface area contributed by atoms with Crippen molar-refractivity contribution in [3.63, 3.8) is 0 Å². The molecule has 1 amide bonds. The number of carbonyl (C=O) groups excluding carboxylic acids is 1. The van der Waals surface area contributed by atoms with Crippen LogP contribution in [-0.2, 0) is 4.74 Å². The van der Waals surface area contributed by atoms with E-state index in [4.69, 9.17) is 18.6 Å². The lowest BCUT2D eigenvalue weighted by Gasteiger charge is -2.26. The molecule has 4 rings (SSSR count). The molecule has 1 aliphatic rings. The first-order valence-electron chi connectivity index (χ1n) is 10.8. The van der Waals surface area contributed by atoms with Crippen molar-refractivity contribution in [1.82, 2.24) is 4.90 Å². The Kier molecular flexibility index (Phi) is 6.76. The highest BCUT2D eigenvalue weighted by Gasteiger charge is 2.42. The van der Waals surface area contributed by atoms with Crippen LogP contribution < -0.4 is 14.9 Å². The van der Waals surface area contributed by atoms with Crippen molar-refractivity contribution in [3.05, 3.63) is 68.0 Å². The predicted octanol–water partition coefficient (Wildman–Crippen LogP) is 4.93. The van der Waals surface area contributed by atoms with Crippen molar-refractivity contribution in [1.29, 1.82) is 0 Å². The Morgan fingerprint density at radius 3 is 2.52 bits per heavy atom. The molecule has 7 nitrogen and oxygen atoms in total. The molecule has 0 fully saturated rings. The van der Waals surface area contributed by atoms with E-state index in [2.05, 4.69) is 15.9 Å². The first kappa shape index (κ1) is 23.3. The maximum atomic E-state index is 13.6. The third-order valence-electron chi connectivity index (χ3n) is 5.65. The molecule has 2 aromatic carbocycles. The number of methoxy groups -OCH3 is 2. The van der Waals surface area contributed by atoms with Crippen LogP contribution in [0.1, 0.15) is 48.0 Å². The van der Waals surface area contributed by atoms with Crippen molar-refractivity contribution in [2.75, 3.05) is 27.4 Å². The van der Waals surface area contributed by atoms with Gasteiger partial charge in [-0.15, -0.1) is 0 Å². The molecule has 8 heteroatoms. The zero-order valence-electron chi connectivity index (χ0n) is 19.0. The van der Waals surface area contributed by atoms with Gasteiger partial charge in [-0.3, -0.25) is 9.59 Å². The van der Waals surface area contributed by atoms with Crippen LogP contribution >= 0.6 is 15.9 Å². The quantitative estimate of drug-likeness (QED) is 0.395. The number of ether oxygens (including phenoxy) is 3. The maximum Gasteiger partial charge on any atom is 0.290 e. The van der Waals surface area contributed by atoms with Gasteiger partial charge in [0.1, 0.15) is 5.58 Å². The Morgan fingerprint density at radius 2 is 1.82 bits per heavy atom. The van der Waals surface area contributed by atoms with Crippen LogP contribution in [0.3, 0.4) is 0 Å². The van der Waals surface area contributed by atoms with Gasteiger partial charge in [0, 0.05) is 17.6 Å². The van der Waals surface area contributed by atoms with E-state index in [1.54, 1.807) is 49.5 Å². The molecule has 0 N–H and O–H groups in total. The highest BCUT2D eigenvalue weighted by atomic mass is 79.9. The van der Waals surface area contributed by atoms with Gasteiger partial charge in [0.2, 0.25) is 5.76 Å². The van der Waals surface area contributed by atoms with Crippen molar-refractivity contribution in [3.8, 4) is 11.5 Å². The van der Waals surface area contributed by atoms with Crippen LogP contribution in [-0.4, -0.2) is 44.3 Å². The first-order chi connectivity index (χ1) is 15.8. The fraction of sp³-hybridized carbons (Fsp3) is 0.360.